The van der Waals surface area contributed by atoms with Crippen molar-refractivity contribution in [2.45, 2.75) is 31.9 Å². The van der Waals surface area contributed by atoms with Crippen LogP contribution in [0.25, 0.3) is 10.9 Å². The lowest BCUT2D eigenvalue weighted by Crippen LogP contribution is -2.49. The molecule has 3 rings (SSSR count). The SMILES string of the molecule is Cc1cccc2ncn(C[C@]3(O)CCCNC3)c(=O)c12. The van der Waals surface area contributed by atoms with Crippen LogP contribution in [-0.4, -0.2) is 33.3 Å². The summed E-state index contributed by atoms with van der Waals surface area (Å²) in [5, 5.41) is 14.4. The van der Waals surface area contributed by atoms with Crippen molar-refractivity contribution in [3.63, 3.8) is 0 Å². The van der Waals surface area contributed by atoms with Crippen LogP contribution >= 0.6 is 0 Å². The van der Waals surface area contributed by atoms with Crippen LogP contribution in [0.1, 0.15) is 18.4 Å². The number of hydrogen-bond donors (Lipinski definition) is 2. The molecular formula is C15H19N3O2. The zero-order valence-corrected chi connectivity index (χ0v) is 11.6. The Morgan fingerprint density at radius 2 is 2.35 bits per heavy atom. The number of rotatable bonds is 2. The van der Waals surface area contributed by atoms with E-state index in [0.717, 1.165) is 18.5 Å². The maximum atomic E-state index is 12.6. The van der Waals surface area contributed by atoms with Gasteiger partial charge in [0.25, 0.3) is 5.56 Å². The first kappa shape index (κ1) is 13.3. The van der Waals surface area contributed by atoms with Crippen molar-refractivity contribution < 1.29 is 5.11 Å². The first-order valence-corrected chi connectivity index (χ1v) is 6.97. The monoisotopic (exact) mass is 273 g/mol. The molecule has 1 aromatic heterocycles. The Kier molecular flexibility index (Phi) is 3.31. The van der Waals surface area contributed by atoms with E-state index in [9.17, 15) is 9.90 Å². The van der Waals surface area contributed by atoms with E-state index in [0.29, 0.717) is 23.9 Å². The van der Waals surface area contributed by atoms with Crippen molar-refractivity contribution in [2.24, 2.45) is 0 Å². The van der Waals surface area contributed by atoms with Gasteiger partial charge in [0.15, 0.2) is 0 Å². The number of fused-ring (bicyclic) bond motifs is 1. The van der Waals surface area contributed by atoms with Crippen molar-refractivity contribution in [1.82, 2.24) is 14.9 Å². The lowest BCUT2D eigenvalue weighted by atomic mass is 9.94. The van der Waals surface area contributed by atoms with Gasteiger partial charge in [-0.1, -0.05) is 12.1 Å². The standard InChI is InChI=1S/C15H19N3O2/c1-11-4-2-5-12-13(11)14(19)18(10-17-12)9-15(20)6-3-7-16-8-15/h2,4-5,10,16,20H,3,6-9H2,1H3/t15-/m0/s1. The predicted molar refractivity (Wildman–Crippen MR) is 77.8 cm³/mol. The molecule has 0 saturated carbocycles. The maximum Gasteiger partial charge on any atom is 0.261 e. The fourth-order valence-corrected chi connectivity index (χ4v) is 2.88. The number of piperidine rings is 1. The van der Waals surface area contributed by atoms with Gasteiger partial charge in [0, 0.05) is 6.54 Å². The molecule has 1 saturated heterocycles. The van der Waals surface area contributed by atoms with E-state index < -0.39 is 5.60 Å². The molecule has 1 aliphatic rings. The van der Waals surface area contributed by atoms with Gasteiger partial charge in [-0.05, 0) is 37.9 Å². The topological polar surface area (TPSA) is 67.2 Å². The zero-order valence-electron chi connectivity index (χ0n) is 11.6. The average molecular weight is 273 g/mol. The van der Waals surface area contributed by atoms with Crippen molar-refractivity contribution >= 4 is 10.9 Å². The normalized spacial score (nSPS) is 23.1. The van der Waals surface area contributed by atoms with E-state index >= 15 is 0 Å². The highest BCUT2D eigenvalue weighted by Crippen LogP contribution is 2.18. The summed E-state index contributed by atoms with van der Waals surface area (Å²) in [5.41, 5.74) is 0.690. The molecule has 1 aliphatic heterocycles. The fourth-order valence-electron chi connectivity index (χ4n) is 2.88. The summed E-state index contributed by atoms with van der Waals surface area (Å²) in [6.45, 7) is 3.64. The van der Waals surface area contributed by atoms with Crippen LogP contribution in [0.5, 0.6) is 0 Å². The minimum absolute atomic E-state index is 0.0768. The lowest BCUT2D eigenvalue weighted by molar-refractivity contribution is -0.000249. The van der Waals surface area contributed by atoms with Crippen molar-refractivity contribution in [3.05, 3.63) is 40.4 Å². The molecule has 0 aliphatic carbocycles. The van der Waals surface area contributed by atoms with Crippen LogP contribution < -0.4 is 10.9 Å². The largest absolute Gasteiger partial charge is 0.387 e. The molecular weight excluding hydrogens is 254 g/mol. The number of nitrogens with zero attached hydrogens (tertiary/aromatic N) is 2. The van der Waals surface area contributed by atoms with Crippen LogP contribution in [0.4, 0.5) is 0 Å². The number of nitrogens with one attached hydrogen (secondary N) is 1. The molecule has 1 aromatic carbocycles. The number of aromatic nitrogens is 2. The second kappa shape index (κ2) is 5.00. The van der Waals surface area contributed by atoms with E-state index in [1.165, 1.54) is 10.9 Å². The highest BCUT2D eigenvalue weighted by Gasteiger charge is 2.30. The molecule has 20 heavy (non-hydrogen) atoms. The number of benzene rings is 1. The molecule has 0 spiro atoms. The Balaban J connectivity index is 2.02. The van der Waals surface area contributed by atoms with Gasteiger partial charge in [-0.2, -0.15) is 0 Å². The first-order valence-electron chi connectivity index (χ1n) is 6.97. The van der Waals surface area contributed by atoms with Gasteiger partial charge >= 0.3 is 0 Å². The summed E-state index contributed by atoms with van der Waals surface area (Å²) in [7, 11) is 0. The molecule has 2 heterocycles. The molecule has 0 bridgehead atoms. The minimum atomic E-state index is -0.861. The summed E-state index contributed by atoms with van der Waals surface area (Å²) in [4.78, 5) is 16.9. The Morgan fingerprint density at radius 1 is 1.50 bits per heavy atom. The Hall–Kier alpha value is -1.72. The van der Waals surface area contributed by atoms with Gasteiger partial charge in [-0.15, -0.1) is 0 Å². The third kappa shape index (κ3) is 2.34. The molecule has 1 fully saturated rings. The Bertz CT molecular complexity index is 687. The molecule has 106 valence electrons. The zero-order chi connectivity index (χ0) is 14.2. The quantitative estimate of drug-likeness (QED) is 0.850. The highest BCUT2D eigenvalue weighted by atomic mass is 16.3. The number of aliphatic hydroxyl groups is 1. The van der Waals surface area contributed by atoms with Crippen molar-refractivity contribution in [1.29, 1.82) is 0 Å². The van der Waals surface area contributed by atoms with Gasteiger partial charge in [0.2, 0.25) is 0 Å². The molecule has 0 radical (unpaired) electrons. The van der Waals surface area contributed by atoms with Crippen LogP contribution in [0.15, 0.2) is 29.3 Å². The van der Waals surface area contributed by atoms with Gasteiger partial charge in [-0.3, -0.25) is 9.36 Å². The smallest absolute Gasteiger partial charge is 0.261 e. The fraction of sp³-hybridized carbons (Fsp3) is 0.467. The first-order chi connectivity index (χ1) is 9.59. The van der Waals surface area contributed by atoms with E-state index in [-0.39, 0.29) is 12.1 Å². The summed E-state index contributed by atoms with van der Waals surface area (Å²) < 4.78 is 1.53. The van der Waals surface area contributed by atoms with Crippen LogP contribution in [0, 0.1) is 6.92 Å². The van der Waals surface area contributed by atoms with Gasteiger partial charge < -0.3 is 10.4 Å². The van der Waals surface area contributed by atoms with E-state index in [1.807, 2.05) is 25.1 Å². The second-order valence-electron chi connectivity index (χ2n) is 5.65. The number of β-amino-alcohol motifs (C(OH)–C–C–N with tert-alkyl or cyclic N) is 1. The molecule has 5 nitrogen and oxygen atoms in total. The second-order valence-corrected chi connectivity index (χ2v) is 5.65. The highest BCUT2D eigenvalue weighted by molar-refractivity contribution is 5.80. The van der Waals surface area contributed by atoms with Gasteiger partial charge in [-0.25, -0.2) is 4.98 Å². The Labute approximate surface area is 117 Å². The minimum Gasteiger partial charge on any atom is -0.387 e. The summed E-state index contributed by atoms with van der Waals surface area (Å²) in [6, 6.07) is 5.64. The summed E-state index contributed by atoms with van der Waals surface area (Å²) in [5.74, 6) is 0. The van der Waals surface area contributed by atoms with E-state index in [2.05, 4.69) is 10.3 Å². The maximum absolute atomic E-state index is 12.6. The molecule has 0 amide bonds. The molecule has 2 N–H and O–H groups in total. The molecule has 5 heteroatoms. The number of hydrogen-bond acceptors (Lipinski definition) is 4. The van der Waals surface area contributed by atoms with Crippen LogP contribution in [0.3, 0.4) is 0 Å². The van der Waals surface area contributed by atoms with Gasteiger partial charge in [0.1, 0.15) is 0 Å². The summed E-state index contributed by atoms with van der Waals surface area (Å²) >= 11 is 0. The Morgan fingerprint density at radius 3 is 3.10 bits per heavy atom. The van der Waals surface area contributed by atoms with Crippen molar-refractivity contribution in [3.8, 4) is 0 Å². The molecule has 2 aromatic rings. The number of aryl methyl sites for hydroxylation is 1. The molecule has 0 unspecified atom stereocenters. The van der Waals surface area contributed by atoms with E-state index in [4.69, 9.17) is 0 Å². The van der Waals surface area contributed by atoms with Crippen LogP contribution in [-0.2, 0) is 6.54 Å². The average Bonchev–Trinajstić information content (AvgIpc) is 2.43. The van der Waals surface area contributed by atoms with E-state index in [1.54, 1.807) is 0 Å². The third-order valence-corrected chi connectivity index (χ3v) is 3.98. The van der Waals surface area contributed by atoms with Gasteiger partial charge in [0.05, 0.1) is 29.4 Å². The van der Waals surface area contributed by atoms with Crippen LogP contribution in [0.2, 0.25) is 0 Å². The summed E-state index contributed by atoms with van der Waals surface area (Å²) in [6.07, 6.45) is 3.17. The lowest BCUT2D eigenvalue weighted by Gasteiger charge is -2.33. The predicted octanol–water partition coefficient (Wildman–Crippen LogP) is 0.819. The third-order valence-electron chi connectivity index (χ3n) is 3.98. The van der Waals surface area contributed by atoms with Crippen molar-refractivity contribution in [2.75, 3.05) is 13.1 Å². The molecule has 1 atom stereocenters.